The number of nitrogens with one attached hydrogen (secondary N) is 1. The van der Waals surface area contributed by atoms with Gasteiger partial charge in [-0.25, -0.2) is 13.1 Å². The molecule has 1 aromatic rings. The molecule has 0 atom stereocenters. The Labute approximate surface area is 110 Å². The molecule has 1 aliphatic carbocycles. The van der Waals surface area contributed by atoms with Gasteiger partial charge in [-0.05, 0) is 52.9 Å². The third-order valence-electron chi connectivity index (χ3n) is 2.69. The summed E-state index contributed by atoms with van der Waals surface area (Å²) in [4.78, 5) is 0.255. The lowest BCUT2D eigenvalue weighted by Gasteiger charge is -2.08. The molecule has 0 saturated heterocycles. The van der Waals surface area contributed by atoms with Crippen LogP contribution in [0.25, 0.3) is 0 Å². The van der Waals surface area contributed by atoms with Crippen molar-refractivity contribution in [2.24, 2.45) is 5.92 Å². The fourth-order valence-corrected chi connectivity index (χ4v) is 3.28. The van der Waals surface area contributed by atoms with Gasteiger partial charge in [0.1, 0.15) is 5.75 Å². The average Bonchev–Trinajstić information content (AvgIpc) is 3.10. The van der Waals surface area contributed by atoms with E-state index >= 15 is 0 Å². The first-order valence-corrected chi connectivity index (χ1v) is 7.64. The second-order valence-corrected chi connectivity index (χ2v) is 6.71. The molecule has 94 valence electrons. The van der Waals surface area contributed by atoms with E-state index in [9.17, 15) is 8.42 Å². The van der Waals surface area contributed by atoms with Crippen molar-refractivity contribution in [1.29, 1.82) is 0 Å². The van der Waals surface area contributed by atoms with Gasteiger partial charge in [0.2, 0.25) is 10.0 Å². The molecule has 1 fully saturated rings. The smallest absolute Gasteiger partial charge is 0.240 e. The number of halogens is 1. The number of benzene rings is 1. The monoisotopic (exact) mass is 319 g/mol. The van der Waals surface area contributed by atoms with E-state index < -0.39 is 10.0 Å². The minimum Gasteiger partial charge on any atom is -0.496 e. The van der Waals surface area contributed by atoms with E-state index in [0.29, 0.717) is 22.7 Å². The second-order valence-electron chi connectivity index (χ2n) is 4.09. The molecule has 1 aliphatic rings. The van der Waals surface area contributed by atoms with E-state index in [1.165, 1.54) is 0 Å². The van der Waals surface area contributed by atoms with E-state index in [4.69, 9.17) is 4.74 Å². The molecule has 2 rings (SSSR count). The van der Waals surface area contributed by atoms with Gasteiger partial charge in [-0.3, -0.25) is 0 Å². The highest BCUT2D eigenvalue weighted by Crippen LogP contribution is 2.29. The Bertz CT molecular complexity index is 511. The Morgan fingerprint density at radius 3 is 2.71 bits per heavy atom. The molecule has 17 heavy (non-hydrogen) atoms. The first kappa shape index (κ1) is 12.9. The minimum atomic E-state index is -3.40. The van der Waals surface area contributed by atoms with Gasteiger partial charge in [-0.1, -0.05) is 0 Å². The summed E-state index contributed by atoms with van der Waals surface area (Å²) in [5.41, 5.74) is 0. The zero-order valence-corrected chi connectivity index (χ0v) is 11.8. The van der Waals surface area contributed by atoms with E-state index in [2.05, 4.69) is 20.7 Å². The summed E-state index contributed by atoms with van der Waals surface area (Å²) in [5, 5.41) is 0. The van der Waals surface area contributed by atoms with Crippen molar-refractivity contribution in [3.63, 3.8) is 0 Å². The Morgan fingerprint density at radius 1 is 1.47 bits per heavy atom. The largest absolute Gasteiger partial charge is 0.496 e. The van der Waals surface area contributed by atoms with E-state index in [1.807, 2.05) is 0 Å². The third-order valence-corrected chi connectivity index (χ3v) is 4.73. The van der Waals surface area contributed by atoms with Crippen LogP contribution in [0.4, 0.5) is 0 Å². The van der Waals surface area contributed by atoms with Gasteiger partial charge in [-0.2, -0.15) is 0 Å². The van der Waals surface area contributed by atoms with Gasteiger partial charge in [0.25, 0.3) is 0 Å². The number of rotatable bonds is 5. The molecular weight excluding hydrogens is 306 g/mol. The lowest BCUT2D eigenvalue weighted by molar-refractivity contribution is 0.411. The molecule has 0 aromatic heterocycles. The molecule has 0 heterocycles. The maximum Gasteiger partial charge on any atom is 0.240 e. The van der Waals surface area contributed by atoms with Crippen LogP contribution in [0.1, 0.15) is 12.8 Å². The molecule has 6 heteroatoms. The summed E-state index contributed by atoms with van der Waals surface area (Å²) in [5.74, 6) is 1.14. The summed E-state index contributed by atoms with van der Waals surface area (Å²) >= 11 is 3.27. The Hall–Kier alpha value is -0.590. The lowest BCUT2D eigenvalue weighted by Crippen LogP contribution is -2.25. The second kappa shape index (κ2) is 4.96. The van der Waals surface area contributed by atoms with Gasteiger partial charge in [0.15, 0.2) is 0 Å². The zero-order chi connectivity index (χ0) is 12.5. The first-order valence-electron chi connectivity index (χ1n) is 5.36. The predicted octanol–water partition coefficient (Wildman–Crippen LogP) is 2.15. The van der Waals surface area contributed by atoms with Crippen LogP contribution in [0.2, 0.25) is 0 Å². The molecular formula is C11H14BrNO3S. The molecule has 1 saturated carbocycles. The topological polar surface area (TPSA) is 55.4 Å². The van der Waals surface area contributed by atoms with Crippen LogP contribution in [0.5, 0.6) is 5.75 Å². The number of hydrogen-bond acceptors (Lipinski definition) is 3. The molecule has 4 nitrogen and oxygen atoms in total. The SMILES string of the molecule is COc1ccc(S(=O)(=O)NCC2CC2)cc1Br. The van der Waals surface area contributed by atoms with Crippen molar-refractivity contribution in [3.8, 4) is 5.75 Å². The summed E-state index contributed by atoms with van der Waals surface area (Å²) in [6.07, 6.45) is 2.24. The average molecular weight is 320 g/mol. The quantitative estimate of drug-likeness (QED) is 0.904. The number of ether oxygens (including phenoxy) is 1. The highest BCUT2D eigenvalue weighted by molar-refractivity contribution is 9.10. The Morgan fingerprint density at radius 2 is 2.18 bits per heavy atom. The van der Waals surface area contributed by atoms with Gasteiger partial charge in [0.05, 0.1) is 16.5 Å². The number of sulfonamides is 1. The zero-order valence-electron chi connectivity index (χ0n) is 9.44. The standard InChI is InChI=1S/C11H14BrNO3S/c1-16-11-5-4-9(6-10(11)12)17(14,15)13-7-8-2-3-8/h4-6,8,13H,2-3,7H2,1H3. The van der Waals surface area contributed by atoms with Crippen LogP contribution >= 0.6 is 15.9 Å². The van der Waals surface area contributed by atoms with Crippen LogP contribution < -0.4 is 9.46 Å². The summed E-state index contributed by atoms with van der Waals surface area (Å²) in [6, 6.07) is 4.72. The van der Waals surface area contributed by atoms with E-state index in [1.54, 1.807) is 25.3 Å². The Kier molecular flexibility index (Phi) is 3.75. The van der Waals surface area contributed by atoms with Gasteiger partial charge in [0, 0.05) is 6.54 Å². The highest BCUT2D eigenvalue weighted by Gasteiger charge is 2.24. The molecule has 0 aliphatic heterocycles. The molecule has 0 bridgehead atoms. The fraction of sp³-hybridized carbons (Fsp3) is 0.455. The van der Waals surface area contributed by atoms with Crippen molar-refractivity contribution < 1.29 is 13.2 Å². The van der Waals surface area contributed by atoms with Crippen LogP contribution in [0.15, 0.2) is 27.6 Å². The van der Waals surface area contributed by atoms with Crippen molar-refractivity contribution in [1.82, 2.24) is 4.72 Å². The van der Waals surface area contributed by atoms with Crippen LogP contribution in [0.3, 0.4) is 0 Å². The summed E-state index contributed by atoms with van der Waals surface area (Å²) in [7, 11) is -1.86. The Balaban J connectivity index is 2.16. The highest BCUT2D eigenvalue weighted by atomic mass is 79.9. The maximum atomic E-state index is 11.9. The summed E-state index contributed by atoms with van der Waals surface area (Å²) in [6.45, 7) is 0.534. The number of methoxy groups -OCH3 is 1. The molecule has 0 spiro atoms. The molecule has 1 aromatic carbocycles. The van der Waals surface area contributed by atoms with Gasteiger partial charge in [-0.15, -0.1) is 0 Å². The van der Waals surface area contributed by atoms with Crippen molar-refractivity contribution in [2.75, 3.05) is 13.7 Å². The van der Waals surface area contributed by atoms with Crippen molar-refractivity contribution in [2.45, 2.75) is 17.7 Å². The molecule has 0 amide bonds. The van der Waals surface area contributed by atoms with Crippen LogP contribution in [-0.2, 0) is 10.0 Å². The maximum absolute atomic E-state index is 11.9. The molecule has 0 radical (unpaired) electrons. The predicted molar refractivity (Wildman–Crippen MR) is 68.6 cm³/mol. The van der Waals surface area contributed by atoms with E-state index in [0.717, 1.165) is 12.8 Å². The van der Waals surface area contributed by atoms with Crippen LogP contribution in [0, 0.1) is 5.92 Å². The minimum absolute atomic E-state index is 0.255. The molecule has 1 N–H and O–H groups in total. The van der Waals surface area contributed by atoms with E-state index in [-0.39, 0.29) is 4.90 Å². The normalized spacial score (nSPS) is 15.9. The first-order chi connectivity index (χ1) is 8.03. The van der Waals surface area contributed by atoms with Crippen molar-refractivity contribution in [3.05, 3.63) is 22.7 Å². The fourth-order valence-electron chi connectivity index (χ4n) is 1.45. The van der Waals surface area contributed by atoms with Gasteiger partial charge >= 0.3 is 0 Å². The third kappa shape index (κ3) is 3.20. The number of hydrogen-bond donors (Lipinski definition) is 1. The van der Waals surface area contributed by atoms with Crippen LogP contribution in [-0.4, -0.2) is 22.1 Å². The molecule has 0 unspecified atom stereocenters. The summed E-state index contributed by atoms with van der Waals surface area (Å²) < 4.78 is 32.2. The van der Waals surface area contributed by atoms with Gasteiger partial charge < -0.3 is 4.74 Å². The lowest BCUT2D eigenvalue weighted by atomic mass is 10.3. The van der Waals surface area contributed by atoms with Crippen molar-refractivity contribution >= 4 is 26.0 Å².